The van der Waals surface area contributed by atoms with Crippen LogP contribution in [0.1, 0.15) is 0 Å². The third-order valence-corrected chi connectivity index (χ3v) is 5.91. The molecule has 0 amide bonds. The van der Waals surface area contributed by atoms with E-state index in [-0.39, 0.29) is 5.56 Å². The Bertz CT molecular complexity index is 1080. The van der Waals surface area contributed by atoms with Gasteiger partial charge in [0.15, 0.2) is 21.3 Å². The van der Waals surface area contributed by atoms with E-state index in [9.17, 15) is 17.2 Å². The van der Waals surface area contributed by atoms with Crippen LogP contribution in [0, 0.1) is 11.6 Å². The molecule has 0 radical (unpaired) electrons. The normalized spacial score (nSPS) is 11.4. The van der Waals surface area contributed by atoms with E-state index in [1.54, 1.807) is 17.5 Å². The van der Waals surface area contributed by atoms with Gasteiger partial charge in [-0.1, -0.05) is 6.07 Å². The molecule has 1 heterocycles. The van der Waals surface area contributed by atoms with Crippen molar-refractivity contribution >= 4 is 21.2 Å². The van der Waals surface area contributed by atoms with Crippen molar-refractivity contribution in [2.24, 2.45) is 0 Å². The average Bonchev–Trinajstić information content (AvgIpc) is 3.09. The Morgan fingerprint density at radius 1 is 0.852 bits per heavy atom. The zero-order valence-corrected chi connectivity index (χ0v) is 16.4. The average molecular weight is 410 g/mol. The zero-order chi connectivity index (χ0) is 19.8. The number of hydrogen-bond donors (Lipinski definition) is 0. The van der Waals surface area contributed by atoms with Gasteiger partial charge in [-0.25, -0.2) is 17.2 Å². The largest absolute Gasteiger partial charge is 0.493 e. The van der Waals surface area contributed by atoms with E-state index in [1.807, 2.05) is 11.4 Å². The minimum absolute atomic E-state index is 0.253. The first kappa shape index (κ1) is 19.3. The van der Waals surface area contributed by atoms with Gasteiger partial charge in [0, 0.05) is 17.4 Å². The Kier molecular flexibility index (Phi) is 5.21. The maximum absolute atomic E-state index is 14.3. The molecule has 0 aliphatic carbocycles. The molecule has 3 rings (SSSR count). The lowest BCUT2D eigenvalue weighted by Gasteiger charge is -2.11. The van der Waals surface area contributed by atoms with Crippen LogP contribution in [0.5, 0.6) is 11.5 Å². The molecule has 0 spiro atoms. The topological polar surface area (TPSA) is 52.6 Å². The van der Waals surface area contributed by atoms with Gasteiger partial charge in [-0.2, -0.15) is 11.3 Å². The van der Waals surface area contributed by atoms with E-state index in [0.29, 0.717) is 17.1 Å². The second-order valence-corrected chi connectivity index (χ2v) is 8.51. The highest BCUT2D eigenvalue weighted by molar-refractivity contribution is 7.90. The van der Waals surface area contributed by atoms with Crippen molar-refractivity contribution in [3.8, 4) is 33.8 Å². The number of benzene rings is 2. The molecule has 0 N–H and O–H groups in total. The van der Waals surface area contributed by atoms with Gasteiger partial charge in [-0.15, -0.1) is 0 Å². The lowest BCUT2D eigenvalue weighted by atomic mass is 9.98. The van der Waals surface area contributed by atoms with Crippen LogP contribution in [0.4, 0.5) is 8.78 Å². The highest BCUT2D eigenvalue weighted by atomic mass is 32.2. The van der Waals surface area contributed by atoms with Crippen LogP contribution in [-0.2, 0) is 9.84 Å². The van der Waals surface area contributed by atoms with Crippen molar-refractivity contribution in [2.75, 3.05) is 20.5 Å². The third-order valence-electron chi connectivity index (χ3n) is 4.04. The first-order valence-electron chi connectivity index (χ1n) is 7.74. The fraction of sp³-hybridized carbons (Fsp3) is 0.158. The maximum atomic E-state index is 14.3. The number of thiophene rings is 1. The lowest BCUT2D eigenvalue weighted by Crippen LogP contribution is -2.04. The molecule has 0 unspecified atom stereocenters. The molecular weight excluding hydrogens is 394 g/mol. The number of hydrogen-bond acceptors (Lipinski definition) is 5. The summed E-state index contributed by atoms with van der Waals surface area (Å²) >= 11 is 1.37. The molecule has 0 saturated heterocycles. The van der Waals surface area contributed by atoms with Gasteiger partial charge in [0.05, 0.1) is 14.2 Å². The minimum Gasteiger partial charge on any atom is -0.493 e. The summed E-state index contributed by atoms with van der Waals surface area (Å²) in [5, 5.41) is 3.59. The van der Waals surface area contributed by atoms with Crippen LogP contribution in [0.25, 0.3) is 22.3 Å². The van der Waals surface area contributed by atoms with Crippen molar-refractivity contribution in [3.05, 3.63) is 52.7 Å². The summed E-state index contributed by atoms with van der Waals surface area (Å²) in [6, 6.07) is 7.38. The Hall–Kier alpha value is -2.45. The minimum atomic E-state index is -4.01. The Morgan fingerprint density at radius 2 is 1.41 bits per heavy atom. The van der Waals surface area contributed by atoms with E-state index in [2.05, 4.69) is 0 Å². The first-order valence-corrected chi connectivity index (χ1v) is 10.6. The molecule has 0 aliphatic rings. The third kappa shape index (κ3) is 3.68. The zero-order valence-electron chi connectivity index (χ0n) is 14.7. The second kappa shape index (κ2) is 7.28. The van der Waals surface area contributed by atoms with Gasteiger partial charge in [-0.05, 0) is 46.2 Å². The first-order chi connectivity index (χ1) is 12.8. The molecule has 0 atom stereocenters. The van der Waals surface area contributed by atoms with E-state index >= 15 is 0 Å². The number of rotatable bonds is 5. The van der Waals surface area contributed by atoms with E-state index < -0.39 is 26.4 Å². The van der Waals surface area contributed by atoms with Crippen molar-refractivity contribution < 1.29 is 26.7 Å². The molecular formula is C19H16F2O4S2. The molecule has 0 aliphatic heterocycles. The van der Waals surface area contributed by atoms with Crippen LogP contribution >= 0.6 is 11.3 Å². The van der Waals surface area contributed by atoms with Crippen LogP contribution in [0.2, 0.25) is 0 Å². The Morgan fingerprint density at radius 3 is 1.93 bits per heavy atom. The van der Waals surface area contributed by atoms with Gasteiger partial charge < -0.3 is 9.47 Å². The monoisotopic (exact) mass is 410 g/mol. The fourth-order valence-electron chi connectivity index (χ4n) is 2.82. The molecule has 27 heavy (non-hydrogen) atoms. The molecule has 0 fully saturated rings. The summed E-state index contributed by atoms with van der Waals surface area (Å²) in [7, 11) is -0.958. The summed E-state index contributed by atoms with van der Waals surface area (Å²) < 4.78 is 62.3. The van der Waals surface area contributed by atoms with E-state index in [0.717, 1.165) is 29.5 Å². The standard InChI is InChI=1S/C19H16F2O4S2/c1-24-17-5-4-11(8-18(17)25-2)13-9-26-10-14(13)12-6-15(20)19(16(21)7-12)27(3,22)23/h4-10H,1-3H3. The number of sulfone groups is 1. The van der Waals surface area contributed by atoms with Gasteiger partial charge in [0.25, 0.3) is 0 Å². The molecule has 1 aromatic heterocycles. The van der Waals surface area contributed by atoms with E-state index in [1.165, 1.54) is 25.6 Å². The molecule has 3 aromatic rings. The SMILES string of the molecule is COc1ccc(-c2cscc2-c2cc(F)c(S(C)(=O)=O)c(F)c2)cc1OC. The van der Waals surface area contributed by atoms with Crippen LogP contribution < -0.4 is 9.47 Å². The smallest absolute Gasteiger partial charge is 0.181 e. The second-order valence-electron chi connectivity index (χ2n) is 5.81. The van der Waals surface area contributed by atoms with Gasteiger partial charge in [0.1, 0.15) is 16.5 Å². The number of methoxy groups -OCH3 is 2. The molecule has 4 nitrogen and oxygen atoms in total. The van der Waals surface area contributed by atoms with Crippen LogP contribution in [-0.4, -0.2) is 28.9 Å². The molecule has 0 saturated carbocycles. The van der Waals surface area contributed by atoms with Crippen LogP contribution in [0.15, 0.2) is 46.0 Å². The Labute approximate surface area is 159 Å². The molecule has 8 heteroatoms. The van der Waals surface area contributed by atoms with Crippen molar-refractivity contribution in [2.45, 2.75) is 4.90 Å². The quantitative estimate of drug-likeness (QED) is 0.607. The maximum Gasteiger partial charge on any atom is 0.181 e. The predicted molar refractivity (Wildman–Crippen MR) is 101 cm³/mol. The molecule has 2 aromatic carbocycles. The number of ether oxygens (including phenoxy) is 2. The fourth-order valence-corrected chi connectivity index (χ4v) is 4.51. The summed E-state index contributed by atoms with van der Waals surface area (Å²) in [6.45, 7) is 0. The number of halogens is 2. The van der Waals surface area contributed by atoms with Gasteiger partial charge in [-0.3, -0.25) is 0 Å². The summed E-state index contributed by atoms with van der Waals surface area (Å²) in [5.74, 6) is -1.14. The highest BCUT2D eigenvalue weighted by Crippen LogP contribution is 2.40. The highest BCUT2D eigenvalue weighted by Gasteiger charge is 2.22. The van der Waals surface area contributed by atoms with Crippen molar-refractivity contribution in [3.63, 3.8) is 0 Å². The summed E-state index contributed by atoms with van der Waals surface area (Å²) in [6.07, 6.45) is 0.772. The van der Waals surface area contributed by atoms with Gasteiger partial charge in [0.2, 0.25) is 0 Å². The molecule has 142 valence electrons. The van der Waals surface area contributed by atoms with E-state index in [4.69, 9.17) is 9.47 Å². The Balaban J connectivity index is 2.14. The van der Waals surface area contributed by atoms with Gasteiger partial charge >= 0.3 is 0 Å². The lowest BCUT2D eigenvalue weighted by molar-refractivity contribution is 0.355. The van der Waals surface area contributed by atoms with Crippen molar-refractivity contribution in [1.29, 1.82) is 0 Å². The predicted octanol–water partition coefficient (Wildman–Crippen LogP) is 4.78. The summed E-state index contributed by atoms with van der Waals surface area (Å²) in [4.78, 5) is -0.922. The van der Waals surface area contributed by atoms with Crippen LogP contribution in [0.3, 0.4) is 0 Å². The summed E-state index contributed by atoms with van der Waals surface area (Å²) in [5.41, 5.74) is 2.36. The van der Waals surface area contributed by atoms with Crippen molar-refractivity contribution in [1.82, 2.24) is 0 Å². The molecule has 0 bridgehead atoms.